The SMILES string of the molecule is NC1CCCN(C2CC2)C1c1cc(Br)ccc1F. The summed E-state index contributed by atoms with van der Waals surface area (Å²) in [6, 6.07) is 5.88. The third kappa shape index (κ3) is 2.33. The highest BCUT2D eigenvalue weighted by Crippen LogP contribution is 2.40. The highest BCUT2D eigenvalue weighted by molar-refractivity contribution is 9.10. The van der Waals surface area contributed by atoms with Crippen LogP contribution >= 0.6 is 15.9 Å². The van der Waals surface area contributed by atoms with Gasteiger partial charge in [0.15, 0.2) is 0 Å². The molecule has 2 nitrogen and oxygen atoms in total. The molecule has 1 aliphatic heterocycles. The van der Waals surface area contributed by atoms with Crippen LogP contribution in [0.4, 0.5) is 4.39 Å². The summed E-state index contributed by atoms with van der Waals surface area (Å²) in [5, 5.41) is 0. The molecule has 1 saturated heterocycles. The molecular weight excluding hydrogens is 295 g/mol. The van der Waals surface area contributed by atoms with Gasteiger partial charge in [-0.2, -0.15) is 0 Å². The molecule has 4 heteroatoms. The molecule has 1 aliphatic carbocycles. The Labute approximate surface area is 115 Å². The van der Waals surface area contributed by atoms with Crippen LogP contribution in [0.5, 0.6) is 0 Å². The summed E-state index contributed by atoms with van der Waals surface area (Å²) in [5.41, 5.74) is 7.02. The Balaban J connectivity index is 1.97. The maximum atomic E-state index is 14.1. The summed E-state index contributed by atoms with van der Waals surface area (Å²) < 4.78 is 15.0. The van der Waals surface area contributed by atoms with Crippen molar-refractivity contribution in [3.05, 3.63) is 34.1 Å². The van der Waals surface area contributed by atoms with Crippen LogP contribution in [0.15, 0.2) is 22.7 Å². The molecule has 1 heterocycles. The average molecular weight is 313 g/mol. The fraction of sp³-hybridized carbons (Fsp3) is 0.571. The molecule has 1 saturated carbocycles. The minimum atomic E-state index is -0.133. The van der Waals surface area contributed by atoms with E-state index in [0.717, 1.165) is 29.4 Å². The highest BCUT2D eigenvalue weighted by Gasteiger charge is 2.40. The number of halogens is 2. The summed E-state index contributed by atoms with van der Waals surface area (Å²) in [4.78, 5) is 2.42. The largest absolute Gasteiger partial charge is 0.326 e. The highest BCUT2D eigenvalue weighted by atomic mass is 79.9. The van der Waals surface area contributed by atoms with E-state index in [0.29, 0.717) is 6.04 Å². The van der Waals surface area contributed by atoms with Crippen LogP contribution in [0.2, 0.25) is 0 Å². The van der Waals surface area contributed by atoms with Crippen LogP contribution in [0, 0.1) is 5.82 Å². The quantitative estimate of drug-likeness (QED) is 0.908. The number of benzene rings is 1. The summed E-state index contributed by atoms with van der Waals surface area (Å²) >= 11 is 3.43. The Hall–Kier alpha value is -0.450. The first kappa shape index (κ1) is 12.6. The molecule has 0 bridgehead atoms. The molecule has 1 aromatic carbocycles. The van der Waals surface area contributed by atoms with Crippen molar-refractivity contribution < 1.29 is 4.39 Å². The van der Waals surface area contributed by atoms with Gasteiger partial charge in [0.05, 0.1) is 6.04 Å². The molecule has 98 valence electrons. The topological polar surface area (TPSA) is 29.3 Å². The Morgan fingerprint density at radius 1 is 1.28 bits per heavy atom. The third-order valence-corrected chi connectivity index (χ3v) is 4.50. The van der Waals surface area contributed by atoms with Gasteiger partial charge >= 0.3 is 0 Å². The van der Waals surface area contributed by atoms with Gasteiger partial charge in [-0.25, -0.2) is 4.39 Å². The molecule has 1 aromatic rings. The van der Waals surface area contributed by atoms with Crippen molar-refractivity contribution in [3.63, 3.8) is 0 Å². The van der Waals surface area contributed by atoms with E-state index in [1.54, 1.807) is 6.07 Å². The van der Waals surface area contributed by atoms with Gasteiger partial charge in [-0.1, -0.05) is 15.9 Å². The predicted molar refractivity (Wildman–Crippen MR) is 73.8 cm³/mol. The number of rotatable bonds is 2. The predicted octanol–water partition coefficient (Wildman–Crippen LogP) is 3.21. The van der Waals surface area contributed by atoms with Crippen LogP contribution in [0.25, 0.3) is 0 Å². The van der Waals surface area contributed by atoms with Crippen molar-refractivity contribution in [2.24, 2.45) is 5.73 Å². The Morgan fingerprint density at radius 2 is 2.06 bits per heavy atom. The van der Waals surface area contributed by atoms with Gasteiger partial charge in [0.25, 0.3) is 0 Å². The van der Waals surface area contributed by atoms with Crippen molar-refractivity contribution in [2.45, 2.75) is 43.8 Å². The molecular formula is C14H18BrFN2. The van der Waals surface area contributed by atoms with Crippen LogP contribution < -0.4 is 5.73 Å². The van der Waals surface area contributed by atoms with Gasteiger partial charge in [0.2, 0.25) is 0 Å². The molecule has 18 heavy (non-hydrogen) atoms. The van der Waals surface area contributed by atoms with Crippen molar-refractivity contribution in [1.29, 1.82) is 0 Å². The lowest BCUT2D eigenvalue weighted by atomic mass is 9.90. The summed E-state index contributed by atoms with van der Waals surface area (Å²) in [7, 11) is 0. The van der Waals surface area contributed by atoms with Gasteiger partial charge in [-0.15, -0.1) is 0 Å². The first-order valence-electron chi connectivity index (χ1n) is 6.63. The molecule has 0 aromatic heterocycles. The molecule has 2 N–H and O–H groups in total. The molecule has 0 spiro atoms. The second kappa shape index (κ2) is 4.91. The second-order valence-corrected chi connectivity index (χ2v) is 6.30. The maximum absolute atomic E-state index is 14.1. The second-order valence-electron chi connectivity index (χ2n) is 5.39. The molecule has 2 aliphatic rings. The number of hydrogen-bond acceptors (Lipinski definition) is 2. The van der Waals surface area contributed by atoms with E-state index in [1.165, 1.54) is 18.9 Å². The number of nitrogens with zero attached hydrogens (tertiary/aromatic N) is 1. The summed E-state index contributed by atoms with van der Waals surface area (Å²) in [5.74, 6) is -0.133. The Bertz CT molecular complexity index is 447. The van der Waals surface area contributed by atoms with Gasteiger partial charge < -0.3 is 5.73 Å². The van der Waals surface area contributed by atoms with Gasteiger partial charge in [0.1, 0.15) is 5.82 Å². The van der Waals surface area contributed by atoms with Crippen LogP contribution in [0.3, 0.4) is 0 Å². The summed E-state index contributed by atoms with van der Waals surface area (Å²) in [6.07, 6.45) is 4.58. The van der Waals surface area contributed by atoms with E-state index < -0.39 is 0 Å². The number of hydrogen-bond donors (Lipinski definition) is 1. The zero-order valence-electron chi connectivity index (χ0n) is 10.3. The van der Waals surface area contributed by atoms with Crippen molar-refractivity contribution >= 4 is 15.9 Å². The lowest BCUT2D eigenvalue weighted by Gasteiger charge is -2.40. The van der Waals surface area contributed by atoms with Gasteiger partial charge in [0, 0.05) is 22.1 Å². The molecule has 3 rings (SSSR count). The van der Waals surface area contributed by atoms with Gasteiger partial charge in [-0.3, -0.25) is 4.90 Å². The first-order valence-corrected chi connectivity index (χ1v) is 7.42. The van der Waals surface area contributed by atoms with Crippen molar-refractivity contribution in [1.82, 2.24) is 4.90 Å². The average Bonchev–Trinajstić information content (AvgIpc) is 3.16. The Morgan fingerprint density at radius 3 is 2.78 bits per heavy atom. The zero-order chi connectivity index (χ0) is 12.7. The van der Waals surface area contributed by atoms with Crippen LogP contribution in [0.1, 0.15) is 37.3 Å². The van der Waals surface area contributed by atoms with Crippen LogP contribution in [-0.2, 0) is 0 Å². The normalized spacial score (nSPS) is 29.5. The Kier molecular flexibility index (Phi) is 3.43. The first-order chi connectivity index (χ1) is 8.66. The molecule has 2 unspecified atom stereocenters. The maximum Gasteiger partial charge on any atom is 0.128 e. The smallest absolute Gasteiger partial charge is 0.128 e. The molecule has 2 fully saturated rings. The molecule has 0 amide bonds. The van der Waals surface area contributed by atoms with E-state index in [2.05, 4.69) is 20.8 Å². The summed E-state index contributed by atoms with van der Waals surface area (Å²) in [6.45, 7) is 1.05. The lowest BCUT2D eigenvalue weighted by Crippen LogP contribution is -2.47. The van der Waals surface area contributed by atoms with E-state index >= 15 is 0 Å². The van der Waals surface area contributed by atoms with Crippen molar-refractivity contribution in [3.8, 4) is 0 Å². The van der Waals surface area contributed by atoms with E-state index in [4.69, 9.17) is 5.73 Å². The van der Waals surface area contributed by atoms with Crippen molar-refractivity contribution in [2.75, 3.05) is 6.54 Å². The number of piperidine rings is 1. The molecule has 0 radical (unpaired) electrons. The van der Waals surface area contributed by atoms with Crippen LogP contribution in [-0.4, -0.2) is 23.5 Å². The third-order valence-electron chi connectivity index (χ3n) is 4.01. The fourth-order valence-electron chi connectivity index (χ4n) is 3.02. The molecule has 2 atom stereocenters. The standard InChI is InChI=1S/C14H18BrFN2/c15-9-3-6-12(16)11(8-9)14-13(17)2-1-7-18(14)10-4-5-10/h3,6,8,10,13-14H,1-2,4-5,7,17H2. The van der Waals surface area contributed by atoms with E-state index in [1.807, 2.05) is 6.07 Å². The monoisotopic (exact) mass is 312 g/mol. The van der Waals surface area contributed by atoms with Gasteiger partial charge in [-0.05, 0) is 50.4 Å². The zero-order valence-corrected chi connectivity index (χ0v) is 11.9. The fourth-order valence-corrected chi connectivity index (χ4v) is 3.40. The van der Waals surface area contributed by atoms with E-state index in [9.17, 15) is 4.39 Å². The van der Waals surface area contributed by atoms with E-state index in [-0.39, 0.29) is 17.9 Å². The lowest BCUT2D eigenvalue weighted by molar-refractivity contribution is 0.117. The number of nitrogens with two attached hydrogens (primary N) is 1. The minimum absolute atomic E-state index is 0.0446. The number of likely N-dealkylation sites (tertiary alicyclic amines) is 1. The minimum Gasteiger partial charge on any atom is -0.326 e.